The molecule has 1 aliphatic rings. The summed E-state index contributed by atoms with van der Waals surface area (Å²) in [6.07, 6.45) is 1.25. The van der Waals surface area contributed by atoms with Crippen LogP contribution in [-0.2, 0) is 0 Å². The van der Waals surface area contributed by atoms with E-state index in [1.165, 1.54) is 39.4 Å². The average molecular weight is 345 g/mol. The van der Waals surface area contributed by atoms with Gasteiger partial charge in [-0.1, -0.05) is 36.4 Å². The SMILES string of the molecule is CNCC1CCSc2c1c1ccccc1n2-c1ccccc1.Cl. The lowest BCUT2D eigenvalue weighted by Crippen LogP contribution is -2.20. The van der Waals surface area contributed by atoms with Crippen molar-refractivity contribution in [3.63, 3.8) is 0 Å². The Morgan fingerprint density at radius 3 is 2.61 bits per heavy atom. The van der Waals surface area contributed by atoms with Gasteiger partial charge in [0.25, 0.3) is 0 Å². The molecule has 0 aliphatic carbocycles. The number of nitrogens with one attached hydrogen (secondary N) is 1. The Labute approximate surface area is 147 Å². The molecule has 1 atom stereocenters. The highest BCUT2D eigenvalue weighted by Gasteiger charge is 2.27. The minimum atomic E-state index is 0. The summed E-state index contributed by atoms with van der Waals surface area (Å²) in [5.74, 6) is 1.80. The molecule has 23 heavy (non-hydrogen) atoms. The zero-order valence-electron chi connectivity index (χ0n) is 13.2. The number of likely N-dealkylation sites (N-methyl/N-ethyl adjacent to an activating group) is 1. The second-order valence-electron chi connectivity index (χ2n) is 5.80. The van der Waals surface area contributed by atoms with Gasteiger partial charge in [0.15, 0.2) is 0 Å². The standard InChI is InChI=1S/C19H20N2S.ClH/c1-20-13-14-11-12-22-19-18(14)16-9-5-6-10-17(16)21(19)15-7-3-2-4-8-15;/h2-10,14,20H,11-13H2,1H3;1H. The van der Waals surface area contributed by atoms with Crippen molar-refractivity contribution < 1.29 is 0 Å². The van der Waals surface area contributed by atoms with E-state index in [0.717, 1.165) is 6.54 Å². The third-order valence-corrected chi connectivity index (χ3v) is 5.56. The van der Waals surface area contributed by atoms with E-state index in [1.54, 1.807) is 0 Å². The molecule has 2 nitrogen and oxygen atoms in total. The van der Waals surface area contributed by atoms with Crippen LogP contribution in [0.25, 0.3) is 16.6 Å². The fourth-order valence-electron chi connectivity index (χ4n) is 3.50. The number of aromatic nitrogens is 1. The van der Waals surface area contributed by atoms with Gasteiger partial charge in [0.1, 0.15) is 0 Å². The third kappa shape index (κ3) is 2.78. The lowest BCUT2D eigenvalue weighted by molar-refractivity contribution is 0.599. The molecule has 0 saturated heterocycles. The molecule has 0 fully saturated rings. The van der Waals surface area contributed by atoms with Crippen molar-refractivity contribution in [3.8, 4) is 5.69 Å². The zero-order chi connectivity index (χ0) is 14.9. The van der Waals surface area contributed by atoms with Crippen LogP contribution in [0.3, 0.4) is 0 Å². The van der Waals surface area contributed by atoms with Crippen molar-refractivity contribution in [2.24, 2.45) is 0 Å². The lowest BCUT2D eigenvalue weighted by Gasteiger charge is -2.23. The van der Waals surface area contributed by atoms with Crippen LogP contribution in [0.1, 0.15) is 17.9 Å². The first-order valence-electron chi connectivity index (χ1n) is 7.86. The summed E-state index contributed by atoms with van der Waals surface area (Å²) in [6, 6.07) is 19.6. The molecule has 2 aromatic carbocycles. The summed E-state index contributed by atoms with van der Waals surface area (Å²) in [5.41, 5.74) is 4.12. The number of thioether (sulfide) groups is 1. The van der Waals surface area contributed by atoms with E-state index in [9.17, 15) is 0 Å². The molecule has 3 aromatic rings. The molecule has 4 rings (SSSR count). The summed E-state index contributed by atoms with van der Waals surface area (Å²) in [6.45, 7) is 1.05. The Morgan fingerprint density at radius 1 is 1.09 bits per heavy atom. The summed E-state index contributed by atoms with van der Waals surface area (Å²) >= 11 is 2.00. The number of rotatable bonds is 3. The maximum absolute atomic E-state index is 3.37. The Bertz CT molecular complexity index is 798. The second kappa shape index (κ2) is 7.00. The van der Waals surface area contributed by atoms with Gasteiger partial charge < -0.3 is 9.88 Å². The molecule has 0 bridgehead atoms. The minimum absolute atomic E-state index is 0. The number of halogens is 1. The van der Waals surface area contributed by atoms with Crippen LogP contribution in [0.2, 0.25) is 0 Å². The minimum Gasteiger partial charge on any atom is -0.319 e. The first-order chi connectivity index (χ1) is 10.9. The van der Waals surface area contributed by atoms with Crippen LogP contribution >= 0.6 is 24.2 Å². The molecule has 1 unspecified atom stereocenters. The Morgan fingerprint density at radius 2 is 1.83 bits per heavy atom. The van der Waals surface area contributed by atoms with E-state index in [2.05, 4.69) is 71.5 Å². The second-order valence-corrected chi connectivity index (χ2v) is 6.88. The molecule has 0 saturated carbocycles. The number of fused-ring (bicyclic) bond motifs is 3. The van der Waals surface area contributed by atoms with Gasteiger partial charge in [0.2, 0.25) is 0 Å². The number of hydrogen-bond acceptors (Lipinski definition) is 2. The summed E-state index contributed by atoms with van der Waals surface area (Å²) in [4.78, 5) is 0. The highest BCUT2D eigenvalue weighted by atomic mass is 35.5. The average Bonchev–Trinajstić information content (AvgIpc) is 2.91. The number of nitrogens with zero attached hydrogens (tertiary/aromatic N) is 1. The molecule has 0 radical (unpaired) electrons. The fraction of sp³-hybridized carbons (Fsp3) is 0.263. The van der Waals surface area contributed by atoms with E-state index >= 15 is 0 Å². The zero-order valence-corrected chi connectivity index (χ0v) is 14.8. The van der Waals surface area contributed by atoms with Crippen LogP contribution in [-0.4, -0.2) is 23.9 Å². The van der Waals surface area contributed by atoms with Crippen molar-refractivity contribution in [3.05, 3.63) is 60.2 Å². The van der Waals surface area contributed by atoms with Gasteiger partial charge in [-0.15, -0.1) is 24.2 Å². The Balaban J connectivity index is 0.00000156. The molecule has 1 N–H and O–H groups in total. The smallest absolute Gasteiger partial charge is 0.0841 e. The maximum atomic E-state index is 3.37. The normalized spacial score (nSPS) is 16.8. The molecule has 2 heterocycles. The van der Waals surface area contributed by atoms with E-state index in [-0.39, 0.29) is 12.4 Å². The van der Waals surface area contributed by atoms with Gasteiger partial charge in [-0.05, 0) is 37.2 Å². The monoisotopic (exact) mass is 344 g/mol. The Kier molecular flexibility index (Phi) is 5.00. The van der Waals surface area contributed by atoms with E-state index in [0.29, 0.717) is 5.92 Å². The van der Waals surface area contributed by atoms with Gasteiger partial charge >= 0.3 is 0 Å². The first-order valence-corrected chi connectivity index (χ1v) is 8.85. The van der Waals surface area contributed by atoms with Gasteiger partial charge in [-0.3, -0.25) is 0 Å². The predicted octanol–water partition coefficient (Wildman–Crippen LogP) is 4.85. The molecule has 1 aliphatic heterocycles. The quantitative estimate of drug-likeness (QED) is 0.731. The molecule has 1 aromatic heterocycles. The maximum Gasteiger partial charge on any atom is 0.0841 e. The van der Waals surface area contributed by atoms with Gasteiger partial charge in [-0.2, -0.15) is 0 Å². The highest BCUT2D eigenvalue weighted by Crippen LogP contribution is 2.44. The van der Waals surface area contributed by atoms with Crippen molar-refractivity contribution >= 4 is 35.1 Å². The van der Waals surface area contributed by atoms with Crippen LogP contribution in [0.4, 0.5) is 0 Å². The van der Waals surface area contributed by atoms with E-state index in [4.69, 9.17) is 0 Å². The highest BCUT2D eigenvalue weighted by molar-refractivity contribution is 7.99. The number of benzene rings is 2. The van der Waals surface area contributed by atoms with Crippen molar-refractivity contribution in [1.29, 1.82) is 0 Å². The van der Waals surface area contributed by atoms with Crippen molar-refractivity contribution in [2.75, 3.05) is 19.3 Å². The van der Waals surface area contributed by atoms with Crippen molar-refractivity contribution in [1.82, 2.24) is 9.88 Å². The topological polar surface area (TPSA) is 17.0 Å². The van der Waals surface area contributed by atoms with Crippen molar-refractivity contribution in [2.45, 2.75) is 17.4 Å². The third-order valence-electron chi connectivity index (χ3n) is 4.45. The van der Waals surface area contributed by atoms with Gasteiger partial charge in [0, 0.05) is 29.3 Å². The van der Waals surface area contributed by atoms with Gasteiger partial charge in [0.05, 0.1) is 10.5 Å². The molecular weight excluding hydrogens is 324 g/mol. The summed E-state index contributed by atoms with van der Waals surface area (Å²) in [7, 11) is 2.05. The van der Waals surface area contributed by atoms with E-state index in [1.807, 2.05) is 11.8 Å². The van der Waals surface area contributed by atoms with Crippen LogP contribution in [0.5, 0.6) is 0 Å². The first kappa shape index (κ1) is 16.4. The fourth-order valence-corrected chi connectivity index (χ4v) is 4.87. The van der Waals surface area contributed by atoms with Crippen LogP contribution in [0.15, 0.2) is 59.6 Å². The predicted molar refractivity (Wildman–Crippen MR) is 103 cm³/mol. The molecule has 120 valence electrons. The lowest BCUT2D eigenvalue weighted by atomic mass is 9.95. The summed E-state index contributed by atoms with van der Waals surface area (Å²) in [5, 5.41) is 6.21. The number of hydrogen-bond donors (Lipinski definition) is 1. The molecule has 4 heteroatoms. The van der Waals surface area contributed by atoms with Crippen LogP contribution < -0.4 is 5.32 Å². The molecule has 0 spiro atoms. The van der Waals surface area contributed by atoms with Crippen LogP contribution in [0, 0.1) is 0 Å². The Hall–Kier alpha value is -1.42. The largest absolute Gasteiger partial charge is 0.319 e. The molecule has 0 amide bonds. The van der Waals surface area contributed by atoms with Gasteiger partial charge in [-0.25, -0.2) is 0 Å². The van der Waals surface area contributed by atoms with E-state index < -0.39 is 0 Å². The number of para-hydroxylation sites is 2. The summed E-state index contributed by atoms with van der Waals surface area (Å²) < 4.78 is 2.44. The molecular formula is C19H21ClN2S.